The van der Waals surface area contributed by atoms with Crippen LogP contribution in [0.25, 0.3) is 0 Å². The molecule has 1 N–H and O–H groups in total. The van der Waals surface area contributed by atoms with Crippen LogP contribution in [0.1, 0.15) is 11.4 Å². The molecule has 0 atom stereocenters. The van der Waals surface area contributed by atoms with E-state index in [4.69, 9.17) is 5.11 Å². The lowest BCUT2D eigenvalue weighted by Gasteiger charge is -1.96. The van der Waals surface area contributed by atoms with Crippen molar-refractivity contribution in [2.24, 2.45) is 0 Å². The normalized spacial score (nSPS) is 10.4. The van der Waals surface area contributed by atoms with Gasteiger partial charge in [0.15, 0.2) is 4.34 Å². The molecule has 0 spiro atoms. The average Bonchev–Trinajstić information content (AvgIpc) is 2.64. The highest BCUT2D eigenvalue weighted by Gasteiger charge is 2.08. The number of thiazole rings is 1. The molecule has 0 saturated heterocycles. The molecular formula is C10H9N3O2S2. The summed E-state index contributed by atoms with van der Waals surface area (Å²) >= 11 is 2.83. The first kappa shape index (κ1) is 12.0. The van der Waals surface area contributed by atoms with Crippen molar-refractivity contribution in [2.75, 3.05) is 0 Å². The molecule has 0 aliphatic carbocycles. The molecule has 17 heavy (non-hydrogen) atoms. The van der Waals surface area contributed by atoms with Gasteiger partial charge in [-0.15, -0.1) is 11.3 Å². The molecule has 0 radical (unpaired) electrons. The summed E-state index contributed by atoms with van der Waals surface area (Å²) in [6.45, 7) is 1.89. The van der Waals surface area contributed by atoms with Gasteiger partial charge >= 0.3 is 5.97 Å². The van der Waals surface area contributed by atoms with Gasteiger partial charge in [0.25, 0.3) is 0 Å². The molecule has 0 aromatic carbocycles. The Balaban J connectivity index is 2.08. The largest absolute Gasteiger partial charge is 0.481 e. The van der Waals surface area contributed by atoms with E-state index >= 15 is 0 Å². The van der Waals surface area contributed by atoms with Crippen molar-refractivity contribution < 1.29 is 9.90 Å². The lowest BCUT2D eigenvalue weighted by molar-refractivity contribution is -0.136. The first-order valence-electron chi connectivity index (χ1n) is 4.76. The van der Waals surface area contributed by atoms with Crippen molar-refractivity contribution >= 4 is 29.1 Å². The average molecular weight is 267 g/mol. The zero-order valence-electron chi connectivity index (χ0n) is 8.95. The first-order valence-corrected chi connectivity index (χ1v) is 6.46. The summed E-state index contributed by atoms with van der Waals surface area (Å²) in [7, 11) is 0. The Hall–Kier alpha value is -1.47. The van der Waals surface area contributed by atoms with Gasteiger partial charge in [0.2, 0.25) is 0 Å². The van der Waals surface area contributed by atoms with E-state index in [2.05, 4.69) is 15.0 Å². The third-order valence-corrected chi connectivity index (χ3v) is 3.75. The van der Waals surface area contributed by atoms with Crippen LogP contribution < -0.4 is 0 Å². The molecule has 2 aromatic rings. The van der Waals surface area contributed by atoms with Crippen LogP contribution in [0.15, 0.2) is 27.1 Å². The summed E-state index contributed by atoms with van der Waals surface area (Å²) in [5.41, 5.74) is 1.47. The van der Waals surface area contributed by atoms with Crippen molar-refractivity contribution in [3.63, 3.8) is 0 Å². The van der Waals surface area contributed by atoms with Crippen molar-refractivity contribution in [3.05, 3.63) is 29.2 Å². The molecule has 0 fully saturated rings. The number of hydrogen-bond acceptors (Lipinski definition) is 6. The van der Waals surface area contributed by atoms with E-state index in [1.165, 1.54) is 29.4 Å². The number of aromatic nitrogens is 3. The molecule has 0 amide bonds. The van der Waals surface area contributed by atoms with Gasteiger partial charge < -0.3 is 5.11 Å². The fraction of sp³-hybridized carbons (Fsp3) is 0.200. The summed E-state index contributed by atoms with van der Waals surface area (Å²) < 4.78 is 0.791. The van der Waals surface area contributed by atoms with E-state index in [0.29, 0.717) is 5.69 Å². The second kappa shape index (κ2) is 5.24. The topological polar surface area (TPSA) is 76.0 Å². The maximum atomic E-state index is 10.5. The highest BCUT2D eigenvalue weighted by atomic mass is 32.2. The van der Waals surface area contributed by atoms with Gasteiger partial charge in [0, 0.05) is 11.1 Å². The van der Waals surface area contributed by atoms with E-state index in [1.807, 2.05) is 13.0 Å². The maximum absolute atomic E-state index is 10.5. The van der Waals surface area contributed by atoms with Gasteiger partial charge in [-0.25, -0.2) is 15.0 Å². The molecule has 7 heteroatoms. The fourth-order valence-electron chi connectivity index (χ4n) is 1.15. The Labute approximate surface area is 106 Å². The molecular weight excluding hydrogens is 258 g/mol. The molecule has 0 aliphatic heterocycles. The lowest BCUT2D eigenvalue weighted by Crippen LogP contribution is -1.99. The number of carboxylic acids is 1. The fourth-order valence-corrected chi connectivity index (χ4v) is 2.95. The van der Waals surface area contributed by atoms with E-state index in [9.17, 15) is 4.79 Å². The van der Waals surface area contributed by atoms with Gasteiger partial charge in [-0.3, -0.25) is 4.79 Å². The van der Waals surface area contributed by atoms with Crippen molar-refractivity contribution in [1.29, 1.82) is 0 Å². The molecule has 0 saturated carbocycles. The number of aliphatic carboxylic acids is 1. The van der Waals surface area contributed by atoms with E-state index in [-0.39, 0.29) is 6.42 Å². The number of aryl methyl sites for hydroxylation is 1. The smallest absolute Gasteiger partial charge is 0.309 e. The Kier molecular flexibility index (Phi) is 3.70. The zero-order chi connectivity index (χ0) is 12.3. The second-order valence-electron chi connectivity index (χ2n) is 3.27. The van der Waals surface area contributed by atoms with Crippen LogP contribution in [0.4, 0.5) is 0 Å². The first-order chi connectivity index (χ1) is 8.13. The van der Waals surface area contributed by atoms with Gasteiger partial charge in [0.1, 0.15) is 11.4 Å². The molecule has 5 nitrogen and oxygen atoms in total. The van der Waals surface area contributed by atoms with E-state index in [0.717, 1.165) is 15.1 Å². The number of carbonyl (C=O) groups is 1. The molecule has 0 unspecified atom stereocenters. The highest BCUT2D eigenvalue weighted by Crippen LogP contribution is 2.28. The Bertz CT molecular complexity index is 542. The number of hydrogen-bond donors (Lipinski definition) is 1. The summed E-state index contributed by atoms with van der Waals surface area (Å²) in [5.74, 6) is -0.871. The zero-order valence-corrected chi connectivity index (χ0v) is 10.6. The minimum absolute atomic E-state index is 0.0418. The minimum Gasteiger partial charge on any atom is -0.481 e. The third-order valence-electron chi connectivity index (χ3n) is 1.83. The molecule has 88 valence electrons. The molecule has 2 heterocycles. The molecule has 0 aliphatic rings. The third kappa shape index (κ3) is 3.50. The number of nitrogens with zero attached hydrogens (tertiary/aromatic N) is 3. The summed E-state index contributed by atoms with van der Waals surface area (Å²) in [5, 5.41) is 11.2. The standard InChI is InChI=1S/C10H9N3O2S2/c1-6-2-8(12-5-11-6)17-10-13-7(4-16-10)3-9(14)15/h2,4-5H,3H2,1H3,(H,14,15). The maximum Gasteiger partial charge on any atom is 0.309 e. The second-order valence-corrected chi connectivity index (χ2v) is 5.40. The number of carboxylic acid groups (broad SMARTS) is 1. The monoisotopic (exact) mass is 267 g/mol. The van der Waals surface area contributed by atoms with E-state index < -0.39 is 5.97 Å². The van der Waals surface area contributed by atoms with Gasteiger partial charge in [-0.05, 0) is 24.8 Å². The minimum atomic E-state index is -0.871. The lowest BCUT2D eigenvalue weighted by atomic mass is 10.3. The van der Waals surface area contributed by atoms with Crippen LogP contribution in [0, 0.1) is 6.92 Å². The molecule has 2 aromatic heterocycles. The SMILES string of the molecule is Cc1cc(Sc2nc(CC(=O)O)cs2)ncn1. The van der Waals surface area contributed by atoms with Crippen molar-refractivity contribution in [3.8, 4) is 0 Å². The highest BCUT2D eigenvalue weighted by molar-refractivity contribution is 8.01. The summed E-state index contributed by atoms with van der Waals surface area (Å²) in [6.07, 6.45) is 1.46. The van der Waals surface area contributed by atoms with Crippen LogP contribution in [-0.4, -0.2) is 26.0 Å². The van der Waals surface area contributed by atoms with Gasteiger partial charge in [-0.1, -0.05) is 0 Å². The van der Waals surface area contributed by atoms with Crippen molar-refractivity contribution in [1.82, 2.24) is 15.0 Å². The van der Waals surface area contributed by atoms with Gasteiger partial charge in [0.05, 0.1) is 12.1 Å². The molecule has 2 rings (SSSR count). The van der Waals surface area contributed by atoms with Crippen LogP contribution >= 0.6 is 23.1 Å². The molecule has 0 bridgehead atoms. The summed E-state index contributed by atoms with van der Waals surface area (Å²) in [6, 6.07) is 1.86. The Morgan fingerprint density at radius 3 is 3.06 bits per heavy atom. The Morgan fingerprint density at radius 1 is 1.53 bits per heavy atom. The van der Waals surface area contributed by atoms with E-state index in [1.54, 1.807) is 5.38 Å². The predicted octanol–water partition coefficient (Wildman–Crippen LogP) is 2.02. The van der Waals surface area contributed by atoms with Crippen LogP contribution in [0.2, 0.25) is 0 Å². The van der Waals surface area contributed by atoms with Crippen LogP contribution in [0.5, 0.6) is 0 Å². The van der Waals surface area contributed by atoms with Crippen LogP contribution in [0.3, 0.4) is 0 Å². The Morgan fingerprint density at radius 2 is 2.35 bits per heavy atom. The summed E-state index contributed by atoms with van der Waals surface area (Å²) in [4.78, 5) is 22.8. The van der Waals surface area contributed by atoms with Gasteiger partial charge in [-0.2, -0.15) is 0 Å². The quantitative estimate of drug-likeness (QED) is 0.854. The van der Waals surface area contributed by atoms with Crippen LogP contribution in [-0.2, 0) is 11.2 Å². The van der Waals surface area contributed by atoms with Crippen molar-refractivity contribution in [2.45, 2.75) is 22.7 Å². The predicted molar refractivity (Wildman–Crippen MR) is 64.3 cm³/mol. The number of rotatable bonds is 4.